The fraction of sp³-hybridized carbons (Fsp3) is 0.576. The van der Waals surface area contributed by atoms with Crippen LogP contribution < -0.4 is 5.73 Å². The van der Waals surface area contributed by atoms with Crippen molar-refractivity contribution in [1.29, 1.82) is 0 Å². The van der Waals surface area contributed by atoms with Gasteiger partial charge in [-0.1, -0.05) is 56.2 Å². The van der Waals surface area contributed by atoms with Gasteiger partial charge in [-0.25, -0.2) is 0 Å². The normalized spacial score (nSPS) is 40.6. The maximum absolute atomic E-state index is 7.81. The van der Waals surface area contributed by atoms with Crippen LogP contribution in [-0.4, -0.2) is 5.54 Å². The summed E-state index contributed by atoms with van der Waals surface area (Å²) in [4.78, 5) is 0. The minimum absolute atomic E-state index is 0.00497. The number of aryl methyl sites for hydroxylation is 2. The first-order valence-corrected chi connectivity index (χ1v) is 13.6. The fourth-order valence-corrected chi connectivity index (χ4v) is 9.12. The van der Waals surface area contributed by atoms with E-state index in [4.69, 9.17) is 5.73 Å². The van der Waals surface area contributed by atoms with Gasteiger partial charge < -0.3 is 5.73 Å². The van der Waals surface area contributed by atoms with Crippen molar-refractivity contribution in [2.45, 2.75) is 103 Å². The molecule has 2 fully saturated rings. The van der Waals surface area contributed by atoms with Crippen molar-refractivity contribution in [3.8, 4) is 11.8 Å². The summed E-state index contributed by atoms with van der Waals surface area (Å²) >= 11 is 0. The molecule has 0 aromatic heterocycles. The second kappa shape index (κ2) is 7.24. The summed E-state index contributed by atoms with van der Waals surface area (Å²) in [6.45, 7) is 13.9. The van der Waals surface area contributed by atoms with Crippen molar-refractivity contribution in [3.63, 3.8) is 0 Å². The highest BCUT2D eigenvalue weighted by molar-refractivity contribution is 5.57. The second-order valence-corrected chi connectivity index (χ2v) is 12.7. The van der Waals surface area contributed by atoms with E-state index in [1.165, 1.54) is 42.4 Å². The molecule has 0 bridgehead atoms. The van der Waals surface area contributed by atoms with E-state index in [9.17, 15) is 0 Å². The summed E-state index contributed by atoms with van der Waals surface area (Å²) in [6.07, 6.45) is 14.0. The Labute approximate surface area is 207 Å². The van der Waals surface area contributed by atoms with Crippen molar-refractivity contribution in [2.75, 3.05) is 0 Å². The number of rotatable bonds is 1. The van der Waals surface area contributed by atoms with E-state index < -0.39 is 0 Å². The summed E-state index contributed by atoms with van der Waals surface area (Å²) in [6, 6.07) is 7.44. The molecule has 34 heavy (non-hydrogen) atoms. The molecule has 0 amide bonds. The van der Waals surface area contributed by atoms with Crippen LogP contribution in [0.15, 0.2) is 53.1 Å². The third kappa shape index (κ3) is 2.67. The van der Waals surface area contributed by atoms with E-state index in [1.54, 1.807) is 22.3 Å². The molecule has 178 valence electrons. The number of fused-ring (bicyclic) bond motifs is 5. The Morgan fingerprint density at radius 2 is 1.74 bits per heavy atom. The maximum Gasteiger partial charge on any atom is 0.0444 e. The molecule has 6 rings (SSSR count). The number of allylic oxidation sites excluding steroid dienone is 4. The van der Waals surface area contributed by atoms with Crippen LogP contribution in [0.4, 0.5) is 0 Å². The van der Waals surface area contributed by atoms with Gasteiger partial charge in [-0.3, -0.25) is 0 Å². The Bertz CT molecular complexity index is 1220. The number of benzene rings is 1. The van der Waals surface area contributed by atoms with Crippen LogP contribution >= 0.6 is 0 Å². The molecule has 0 aliphatic heterocycles. The topological polar surface area (TPSA) is 26.0 Å². The Morgan fingerprint density at radius 3 is 2.53 bits per heavy atom. The van der Waals surface area contributed by atoms with Crippen LogP contribution in [0, 0.1) is 28.1 Å². The standard InChI is InChI=1S/C33H41N/c1-6-15-30(3)17-18-31(4)32(30,5)21-28(25-12-11-23-8-7-9-24(23)20-25)29-27-13-10-22(2)19-26(27)14-16-33(29,31)34/h11-12,19-20,28H,2,7-10,13-14,16-18,21,34H2,1,3-5H3. The quantitative estimate of drug-likeness (QED) is 0.438. The summed E-state index contributed by atoms with van der Waals surface area (Å²) in [7, 11) is 0. The maximum atomic E-state index is 7.81. The van der Waals surface area contributed by atoms with E-state index in [0.29, 0.717) is 5.92 Å². The van der Waals surface area contributed by atoms with E-state index in [2.05, 4.69) is 63.5 Å². The van der Waals surface area contributed by atoms with Gasteiger partial charge in [-0.2, -0.15) is 0 Å². The molecule has 5 aliphatic carbocycles. The minimum Gasteiger partial charge on any atom is -0.321 e. The lowest BCUT2D eigenvalue weighted by Gasteiger charge is -2.65. The number of hydrogen-bond donors (Lipinski definition) is 1. The van der Waals surface area contributed by atoms with Crippen molar-refractivity contribution < 1.29 is 0 Å². The summed E-state index contributed by atoms with van der Waals surface area (Å²) in [5.74, 6) is 7.44. The predicted molar refractivity (Wildman–Crippen MR) is 142 cm³/mol. The van der Waals surface area contributed by atoms with Crippen LogP contribution in [0.1, 0.15) is 102 Å². The second-order valence-electron chi connectivity index (χ2n) is 12.7. The molecule has 5 unspecified atom stereocenters. The molecule has 5 aliphatic rings. The monoisotopic (exact) mass is 451 g/mol. The number of nitrogens with two attached hydrogens (primary N) is 1. The number of hydrogen-bond acceptors (Lipinski definition) is 1. The molecule has 5 atom stereocenters. The van der Waals surface area contributed by atoms with Gasteiger partial charge in [0.1, 0.15) is 0 Å². The molecule has 1 aromatic carbocycles. The molecule has 1 aromatic rings. The minimum atomic E-state index is -0.276. The fourth-order valence-electron chi connectivity index (χ4n) is 9.12. The average molecular weight is 452 g/mol. The van der Waals surface area contributed by atoms with E-state index >= 15 is 0 Å². The highest BCUT2D eigenvalue weighted by Crippen LogP contribution is 2.75. The Kier molecular flexibility index (Phi) is 4.77. The lowest BCUT2D eigenvalue weighted by molar-refractivity contribution is -0.0527. The van der Waals surface area contributed by atoms with Gasteiger partial charge in [0, 0.05) is 16.9 Å². The first kappa shape index (κ1) is 22.4. The van der Waals surface area contributed by atoms with Gasteiger partial charge in [0.05, 0.1) is 0 Å². The molecule has 0 saturated heterocycles. The van der Waals surface area contributed by atoms with Crippen molar-refractivity contribution in [1.82, 2.24) is 0 Å². The largest absolute Gasteiger partial charge is 0.321 e. The van der Waals surface area contributed by atoms with Gasteiger partial charge in [0.2, 0.25) is 0 Å². The molecule has 0 heterocycles. The Morgan fingerprint density at radius 1 is 0.941 bits per heavy atom. The highest BCUT2D eigenvalue weighted by atomic mass is 14.9. The highest BCUT2D eigenvalue weighted by Gasteiger charge is 2.71. The zero-order valence-corrected chi connectivity index (χ0v) is 21.7. The lowest BCUT2D eigenvalue weighted by Crippen LogP contribution is -2.67. The van der Waals surface area contributed by atoms with Gasteiger partial charge in [-0.05, 0) is 122 Å². The predicted octanol–water partition coefficient (Wildman–Crippen LogP) is 7.56. The van der Waals surface area contributed by atoms with E-state index in [1.807, 2.05) is 6.92 Å². The third-order valence-electron chi connectivity index (χ3n) is 11.5. The molecule has 1 heteroatoms. The first-order valence-electron chi connectivity index (χ1n) is 13.6. The van der Waals surface area contributed by atoms with Gasteiger partial charge in [0.15, 0.2) is 0 Å². The molecule has 0 radical (unpaired) electrons. The van der Waals surface area contributed by atoms with Crippen LogP contribution in [0.2, 0.25) is 0 Å². The van der Waals surface area contributed by atoms with Crippen LogP contribution in [0.3, 0.4) is 0 Å². The van der Waals surface area contributed by atoms with Crippen molar-refractivity contribution in [2.24, 2.45) is 22.0 Å². The molecule has 0 spiro atoms. The smallest absolute Gasteiger partial charge is 0.0444 e. The van der Waals surface area contributed by atoms with E-state index in [0.717, 1.165) is 38.5 Å². The molecular formula is C33H41N. The molecule has 1 nitrogen and oxygen atoms in total. The van der Waals surface area contributed by atoms with Gasteiger partial charge >= 0.3 is 0 Å². The zero-order valence-electron chi connectivity index (χ0n) is 21.7. The SMILES string of the molecule is C=C1C=C2CCC3(N)C(=C2CC1)C(c1ccc2c(c1)CCC2)CC1(C)C(C)(C#CC)CCC31C. The average Bonchev–Trinajstić information content (AvgIpc) is 3.36. The lowest BCUT2D eigenvalue weighted by atomic mass is 9.40. The summed E-state index contributed by atoms with van der Waals surface area (Å²) in [5.41, 5.74) is 18.3. The van der Waals surface area contributed by atoms with Gasteiger partial charge in [-0.15, -0.1) is 5.92 Å². The Hall–Kier alpha value is -2.04. The third-order valence-corrected chi connectivity index (χ3v) is 11.5. The molecule has 2 N–H and O–H groups in total. The van der Waals surface area contributed by atoms with Crippen molar-refractivity contribution >= 4 is 0 Å². The summed E-state index contributed by atoms with van der Waals surface area (Å²) < 4.78 is 0. The van der Waals surface area contributed by atoms with E-state index in [-0.39, 0.29) is 21.8 Å². The van der Waals surface area contributed by atoms with Crippen molar-refractivity contribution in [3.05, 3.63) is 69.8 Å². The zero-order chi connectivity index (χ0) is 23.9. The first-order chi connectivity index (χ1) is 16.2. The van der Waals surface area contributed by atoms with Crippen LogP contribution in [-0.2, 0) is 12.8 Å². The molecule has 2 saturated carbocycles. The van der Waals surface area contributed by atoms with Gasteiger partial charge in [0.25, 0.3) is 0 Å². The Balaban J connectivity index is 1.61. The molecular weight excluding hydrogens is 410 g/mol. The van der Waals surface area contributed by atoms with Crippen LogP contribution in [0.5, 0.6) is 0 Å². The van der Waals surface area contributed by atoms with Crippen LogP contribution in [0.25, 0.3) is 0 Å². The summed E-state index contributed by atoms with van der Waals surface area (Å²) in [5, 5.41) is 0.